The molecule has 7 nitrogen and oxygen atoms in total. The molecule has 1 aromatic carbocycles. The van der Waals surface area contributed by atoms with Gasteiger partial charge in [0.15, 0.2) is 5.69 Å². The molecule has 0 unspecified atom stereocenters. The summed E-state index contributed by atoms with van der Waals surface area (Å²) in [6.07, 6.45) is 1.88. The average molecular weight is 315 g/mol. The Kier molecular flexibility index (Phi) is 4.01. The number of nitrogens with one attached hydrogen (secondary N) is 1. The van der Waals surface area contributed by atoms with Crippen molar-refractivity contribution in [1.29, 1.82) is 0 Å². The Bertz CT molecular complexity index is 779. The molecule has 23 heavy (non-hydrogen) atoms. The third-order valence-electron chi connectivity index (χ3n) is 3.55. The van der Waals surface area contributed by atoms with Crippen LogP contribution in [-0.2, 0) is 0 Å². The summed E-state index contributed by atoms with van der Waals surface area (Å²) in [5.74, 6) is 0.492. The third-order valence-corrected chi connectivity index (χ3v) is 3.55. The highest BCUT2D eigenvalue weighted by molar-refractivity contribution is 5.92. The first-order valence-electron chi connectivity index (χ1n) is 7.26. The fraction of sp³-hybridized carbons (Fsp3) is 0.312. The van der Waals surface area contributed by atoms with E-state index in [1.165, 1.54) is 17.9 Å². The predicted molar refractivity (Wildman–Crippen MR) is 83.4 cm³/mol. The minimum atomic E-state index is -0.468. The minimum Gasteiger partial charge on any atom is -0.497 e. The van der Waals surface area contributed by atoms with Crippen LogP contribution in [0.5, 0.6) is 11.6 Å². The van der Waals surface area contributed by atoms with E-state index < -0.39 is 11.3 Å². The lowest BCUT2D eigenvalue weighted by Crippen LogP contribution is -2.32. The molecule has 7 heteroatoms. The number of hydrogen-bond donors (Lipinski definition) is 1. The second-order valence-electron chi connectivity index (χ2n) is 5.26. The predicted octanol–water partition coefficient (Wildman–Crippen LogP) is 1.14. The number of benzene rings is 1. The molecule has 0 radical (unpaired) electrons. The highest BCUT2D eigenvalue weighted by Crippen LogP contribution is 2.20. The van der Waals surface area contributed by atoms with E-state index in [9.17, 15) is 9.59 Å². The van der Waals surface area contributed by atoms with Crippen LogP contribution >= 0.6 is 0 Å². The van der Waals surface area contributed by atoms with Gasteiger partial charge >= 0.3 is 0 Å². The van der Waals surface area contributed by atoms with Gasteiger partial charge in [0, 0.05) is 6.04 Å². The van der Waals surface area contributed by atoms with Crippen molar-refractivity contribution in [2.45, 2.75) is 18.9 Å². The van der Waals surface area contributed by atoms with E-state index in [4.69, 9.17) is 9.47 Å². The summed E-state index contributed by atoms with van der Waals surface area (Å²) in [4.78, 5) is 24.2. The second kappa shape index (κ2) is 6.12. The van der Waals surface area contributed by atoms with Crippen molar-refractivity contribution in [3.8, 4) is 17.3 Å². The number of carbonyl (C=O) groups excluding carboxylic acids is 1. The second-order valence-corrected chi connectivity index (χ2v) is 5.26. The summed E-state index contributed by atoms with van der Waals surface area (Å²) in [6, 6.07) is 8.47. The molecule has 0 saturated heterocycles. The molecule has 3 rings (SSSR count). The molecule has 0 spiro atoms. The van der Waals surface area contributed by atoms with Crippen LogP contribution in [0.3, 0.4) is 0 Å². The molecule has 2 aromatic rings. The van der Waals surface area contributed by atoms with E-state index in [1.807, 2.05) is 0 Å². The summed E-state index contributed by atoms with van der Waals surface area (Å²) < 4.78 is 11.7. The van der Waals surface area contributed by atoms with Gasteiger partial charge in [0.25, 0.3) is 5.91 Å². The van der Waals surface area contributed by atoms with E-state index >= 15 is 0 Å². The summed E-state index contributed by atoms with van der Waals surface area (Å²) in [5.41, 5.74) is 0.0430. The van der Waals surface area contributed by atoms with Crippen LogP contribution in [0.1, 0.15) is 23.3 Å². The number of ether oxygens (including phenoxy) is 2. The number of aromatic nitrogens is 2. The smallest absolute Gasteiger partial charge is 0.276 e. The molecule has 120 valence electrons. The highest BCUT2D eigenvalue weighted by atomic mass is 16.5. The quantitative estimate of drug-likeness (QED) is 0.895. The molecule has 0 bridgehead atoms. The topological polar surface area (TPSA) is 82.5 Å². The number of hydrogen-bond acceptors (Lipinski definition) is 5. The van der Waals surface area contributed by atoms with Crippen molar-refractivity contribution < 1.29 is 14.3 Å². The molecule has 1 N–H and O–H groups in total. The van der Waals surface area contributed by atoms with Gasteiger partial charge in [0.05, 0.1) is 26.0 Å². The fourth-order valence-electron chi connectivity index (χ4n) is 2.13. The van der Waals surface area contributed by atoms with Gasteiger partial charge in [-0.25, -0.2) is 4.68 Å². The Morgan fingerprint density at radius 1 is 1.22 bits per heavy atom. The van der Waals surface area contributed by atoms with Crippen LogP contribution in [0.25, 0.3) is 5.69 Å². The lowest BCUT2D eigenvalue weighted by molar-refractivity contribution is 0.0943. The summed E-state index contributed by atoms with van der Waals surface area (Å²) in [6.45, 7) is 0. The van der Waals surface area contributed by atoms with E-state index in [1.54, 1.807) is 31.4 Å². The van der Waals surface area contributed by atoms with Crippen molar-refractivity contribution in [1.82, 2.24) is 15.1 Å². The van der Waals surface area contributed by atoms with E-state index in [-0.39, 0.29) is 17.6 Å². The zero-order valence-electron chi connectivity index (χ0n) is 12.9. The van der Waals surface area contributed by atoms with Crippen molar-refractivity contribution >= 4 is 5.91 Å². The van der Waals surface area contributed by atoms with Crippen LogP contribution in [0.4, 0.5) is 0 Å². The molecule has 1 aromatic heterocycles. The first-order valence-corrected chi connectivity index (χ1v) is 7.26. The standard InChI is InChI=1S/C16H17N3O4/c1-22-12-7-5-11(6-8-12)19-14(23-2)9-13(20)15(18-19)16(21)17-10-3-4-10/h5-10H,3-4H2,1-2H3,(H,17,21). The molecule has 1 heterocycles. The first kappa shape index (κ1) is 15.1. The average Bonchev–Trinajstić information content (AvgIpc) is 3.38. The SMILES string of the molecule is COc1ccc(-n2nc(C(=O)NC3CC3)c(=O)cc2OC)cc1. The third kappa shape index (κ3) is 3.18. The number of carbonyl (C=O) groups is 1. The lowest BCUT2D eigenvalue weighted by Gasteiger charge is -2.13. The van der Waals surface area contributed by atoms with Gasteiger partial charge in [0.2, 0.25) is 11.3 Å². The number of nitrogens with zero attached hydrogens (tertiary/aromatic N) is 2. The van der Waals surface area contributed by atoms with E-state index in [0.717, 1.165) is 12.8 Å². The van der Waals surface area contributed by atoms with Crippen LogP contribution in [-0.4, -0.2) is 35.9 Å². The van der Waals surface area contributed by atoms with Crippen molar-refractivity contribution in [2.75, 3.05) is 14.2 Å². The van der Waals surface area contributed by atoms with Crippen LogP contribution in [0, 0.1) is 0 Å². The molecular formula is C16H17N3O4. The molecule has 1 fully saturated rings. The number of methoxy groups -OCH3 is 2. The monoisotopic (exact) mass is 315 g/mol. The molecule has 0 aliphatic heterocycles. The van der Waals surface area contributed by atoms with E-state index in [0.29, 0.717) is 11.4 Å². The summed E-state index contributed by atoms with van der Waals surface area (Å²) in [5, 5.41) is 6.95. The maximum absolute atomic E-state index is 12.2. The summed E-state index contributed by atoms with van der Waals surface area (Å²) in [7, 11) is 3.02. The maximum Gasteiger partial charge on any atom is 0.276 e. The Balaban J connectivity index is 2.02. The van der Waals surface area contributed by atoms with Gasteiger partial charge in [-0.15, -0.1) is 0 Å². The Morgan fingerprint density at radius 3 is 2.48 bits per heavy atom. The highest BCUT2D eigenvalue weighted by Gasteiger charge is 2.26. The largest absolute Gasteiger partial charge is 0.497 e. The van der Waals surface area contributed by atoms with E-state index in [2.05, 4.69) is 10.4 Å². The zero-order valence-corrected chi connectivity index (χ0v) is 12.9. The molecular weight excluding hydrogens is 298 g/mol. The van der Waals surface area contributed by atoms with Crippen LogP contribution in [0.2, 0.25) is 0 Å². The number of rotatable bonds is 5. The van der Waals surface area contributed by atoms with Crippen molar-refractivity contribution in [3.05, 3.63) is 46.2 Å². The normalized spacial score (nSPS) is 13.5. The molecule has 1 aliphatic carbocycles. The van der Waals surface area contributed by atoms with Gasteiger partial charge in [-0.3, -0.25) is 9.59 Å². The van der Waals surface area contributed by atoms with Gasteiger partial charge in [-0.2, -0.15) is 5.10 Å². The number of amides is 1. The fourth-order valence-corrected chi connectivity index (χ4v) is 2.13. The van der Waals surface area contributed by atoms with Gasteiger partial charge in [0.1, 0.15) is 5.75 Å². The Morgan fingerprint density at radius 2 is 1.91 bits per heavy atom. The van der Waals surface area contributed by atoms with Gasteiger partial charge in [-0.1, -0.05) is 0 Å². The lowest BCUT2D eigenvalue weighted by atomic mass is 10.3. The molecule has 1 aliphatic rings. The van der Waals surface area contributed by atoms with Crippen molar-refractivity contribution in [2.24, 2.45) is 0 Å². The van der Waals surface area contributed by atoms with Gasteiger partial charge < -0.3 is 14.8 Å². The van der Waals surface area contributed by atoms with Crippen LogP contribution in [0.15, 0.2) is 35.1 Å². The maximum atomic E-state index is 12.2. The summed E-state index contributed by atoms with van der Waals surface area (Å²) >= 11 is 0. The minimum absolute atomic E-state index is 0.145. The Labute approximate surface area is 132 Å². The van der Waals surface area contributed by atoms with Gasteiger partial charge in [-0.05, 0) is 37.1 Å². The zero-order chi connectivity index (χ0) is 16.4. The molecule has 1 saturated carbocycles. The Hall–Kier alpha value is -2.83. The molecule has 0 atom stereocenters. The first-order chi connectivity index (χ1) is 11.1. The van der Waals surface area contributed by atoms with Crippen LogP contribution < -0.4 is 20.2 Å². The van der Waals surface area contributed by atoms with Crippen molar-refractivity contribution in [3.63, 3.8) is 0 Å². The molecule has 1 amide bonds.